The van der Waals surface area contributed by atoms with Crippen LogP contribution in [-0.2, 0) is 0 Å². The summed E-state index contributed by atoms with van der Waals surface area (Å²) in [4.78, 5) is 18.1. The van der Waals surface area contributed by atoms with Crippen molar-refractivity contribution in [3.8, 4) is 5.75 Å². The van der Waals surface area contributed by atoms with Gasteiger partial charge in [-0.2, -0.15) is 0 Å². The summed E-state index contributed by atoms with van der Waals surface area (Å²) in [5.74, 6) is -0.0301. The van der Waals surface area contributed by atoms with Crippen LogP contribution in [0.3, 0.4) is 0 Å². The van der Waals surface area contributed by atoms with Gasteiger partial charge in [0.25, 0.3) is 0 Å². The van der Waals surface area contributed by atoms with E-state index in [4.69, 9.17) is 0 Å². The molecule has 17 heavy (non-hydrogen) atoms. The molecule has 0 saturated heterocycles. The van der Waals surface area contributed by atoms with Gasteiger partial charge in [0.15, 0.2) is 5.03 Å². The zero-order valence-electron chi connectivity index (χ0n) is 8.48. The first-order chi connectivity index (χ1) is 8.18. The summed E-state index contributed by atoms with van der Waals surface area (Å²) in [5, 5.41) is 20.8. The fraction of sp³-hybridized carbons (Fsp3) is 0. The van der Waals surface area contributed by atoms with Crippen molar-refractivity contribution in [2.24, 2.45) is 0 Å². The average molecular weight is 249 g/mol. The minimum Gasteiger partial charge on any atom is -0.505 e. The van der Waals surface area contributed by atoms with Crippen LogP contribution >= 0.6 is 11.8 Å². The first-order valence-electron chi connectivity index (χ1n) is 4.59. The van der Waals surface area contributed by atoms with Gasteiger partial charge >= 0.3 is 5.69 Å². The second kappa shape index (κ2) is 4.79. The number of aromatic hydroxyl groups is 1. The normalized spacial score (nSPS) is 10.1. The first kappa shape index (κ1) is 11.3. The van der Waals surface area contributed by atoms with E-state index >= 15 is 0 Å². The van der Waals surface area contributed by atoms with Crippen molar-refractivity contribution in [3.63, 3.8) is 0 Å². The highest BCUT2D eigenvalue weighted by Gasteiger charge is 2.17. The highest BCUT2D eigenvalue weighted by atomic mass is 32.2. The molecule has 0 spiro atoms. The highest BCUT2D eigenvalue weighted by Crippen LogP contribution is 2.35. The lowest BCUT2D eigenvalue weighted by Crippen LogP contribution is -1.93. The van der Waals surface area contributed by atoms with Crippen LogP contribution in [0.5, 0.6) is 5.75 Å². The van der Waals surface area contributed by atoms with Gasteiger partial charge < -0.3 is 5.11 Å². The Kier molecular flexibility index (Phi) is 3.20. The van der Waals surface area contributed by atoms with Crippen molar-refractivity contribution in [3.05, 3.63) is 46.8 Å². The Hall–Kier alpha value is -2.15. The molecule has 2 aromatic heterocycles. The molecule has 2 heterocycles. The molecular weight excluding hydrogens is 242 g/mol. The molecule has 2 aromatic rings. The number of nitro groups is 1. The SMILES string of the molecule is O=[N+]([O-])c1cccnc1Sc1ncccc1O. The maximum absolute atomic E-state index is 10.8. The van der Waals surface area contributed by atoms with E-state index in [1.54, 1.807) is 6.07 Å². The number of aromatic nitrogens is 2. The molecule has 0 amide bonds. The van der Waals surface area contributed by atoms with E-state index in [9.17, 15) is 15.2 Å². The lowest BCUT2D eigenvalue weighted by Gasteiger charge is -2.02. The van der Waals surface area contributed by atoms with Crippen molar-refractivity contribution in [2.75, 3.05) is 0 Å². The Morgan fingerprint density at radius 3 is 2.47 bits per heavy atom. The smallest absolute Gasteiger partial charge is 0.301 e. The van der Waals surface area contributed by atoms with Gasteiger partial charge in [0, 0.05) is 18.5 Å². The second-order valence-corrected chi connectivity index (χ2v) is 3.99. The van der Waals surface area contributed by atoms with Crippen LogP contribution in [0.15, 0.2) is 46.7 Å². The minimum atomic E-state index is -0.519. The van der Waals surface area contributed by atoms with Gasteiger partial charge in [0.05, 0.1) is 4.92 Å². The van der Waals surface area contributed by atoms with E-state index < -0.39 is 4.92 Å². The molecule has 0 aliphatic rings. The quantitative estimate of drug-likeness (QED) is 0.662. The lowest BCUT2D eigenvalue weighted by atomic mass is 10.4. The third-order valence-electron chi connectivity index (χ3n) is 1.89. The molecule has 6 nitrogen and oxygen atoms in total. The van der Waals surface area contributed by atoms with E-state index in [2.05, 4.69) is 9.97 Å². The standard InChI is InChI=1S/C10H7N3O3S/c14-8-4-2-6-12-10(8)17-9-7(13(15)16)3-1-5-11-9/h1-6,14H. The van der Waals surface area contributed by atoms with Crippen LogP contribution in [0.2, 0.25) is 0 Å². The molecule has 7 heteroatoms. The van der Waals surface area contributed by atoms with Gasteiger partial charge in [0.1, 0.15) is 10.8 Å². The molecule has 0 fully saturated rings. The molecule has 0 radical (unpaired) electrons. The Bertz CT molecular complexity index is 562. The zero-order chi connectivity index (χ0) is 12.3. The minimum absolute atomic E-state index is 0.0301. The van der Waals surface area contributed by atoms with Crippen LogP contribution in [0.1, 0.15) is 0 Å². The third kappa shape index (κ3) is 2.51. The summed E-state index contributed by atoms with van der Waals surface area (Å²) in [6.07, 6.45) is 2.95. The molecule has 0 aromatic carbocycles. The van der Waals surface area contributed by atoms with E-state index in [1.807, 2.05) is 0 Å². The molecule has 0 unspecified atom stereocenters. The molecule has 0 saturated carbocycles. The third-order valence-corrected chi connectivity index (χ3v) is 2.91. The lowest BCUT2D eigenvalue weighted by molar-refractivity contribution is -0.388. The maximum atomic E-state index is 10.8. The number of hydrogen-bond donors (Lipinski definition) is 1. The van der Waals surface area contributed by atoms with Crippen molar-refractivity contribution in [1.82, 2.24) is 9.97 Å². The summed E-state index contributed by atoms with van der Waals surface area (Å²) in [6, 6.07) is 5.88. The summed E-state index contributed by atoms with van der Waals surface area (Å²) in [7, 11) is 0. The first-order valence-corrected chi connectivity index (χ1v) is 5.41. The molecule has 1 N–H and O–H groups in total. The van der Waals surface area contributed by atoms with Gasteiger partial charge in [-0.25, -0.2) is 9.97 Å². The molecule has 2 rings (SSSR count). The largest absolute Gasteiger partial charge is 0.505 e. The van der Waals surface area contributed by atoms with Crippen LogP contribution < -0.4 is 0 Å². The van der Waals surface area contributed by atoms with Crippen molar-refractivity contribution in [2.45, 2.75) is 10.1 Å². The molecule has 0 aliphatic heterocycles. The summed E-state index contributed by atoms with van der Waals surface area (Å²) in [6.45, 7) is 0. The predicted molar refractivity (Wildman–Crippen MR) is 60.9 cm³/mol. The average Bonchev–Trinajstić information content (AvgIpc) is 2.32. The van der Waals surface area contributed by atoms with E-state index in [0.717, 1.165) is 11.8 Å². The highest BCUT2D eigenvalue weighted by molar-refractivity contribution is 7.99. The van der Waals surface area contributed by atoms with Gasteiger partial charge in [-0.05, 0) is 30.0 Å². The van der Waals surface area contributed by atoms with E-state index in [-0.39, 0.29) is 21.5 Å². The van der Waals surface area contributed by atoms with Crippen LogP contribution in [0, 0.1) is 10.1 Å². The van der Waals surface area contributed by atoms with Crippen molar-refractivity contribution in [1.29, 1.82) is 0 Å². The van der Waals surface area contributed by atoms with Gasteiger partial charge in [-0.15, -0.1) is 0 Å². The topological polar surface area (TPSA) is 89.2 Å². The van der Waals surface area contributed by atoms with E-state index in [0.29, 0.717) is 0 Å². The number of hydrogen-bond acceptors (Lipinski definition) is 6. The molecular formula is C10H7N3O3S. The summed E-state index contributed by atoms with van der Waals surface area (Å²) in [5.41, 5.74) is -0.109. The van der Waals surface area contributed by atoms with Gasteiger partial charge in [-0.3, -0.25) is 10.1 Å². The molecule has 0 atom stereocenters. The summed E-state index contributed by atoms with van der Waals surface area (Å²) >= 11 is 0.955. The zero-order valence-corrected chi connectivity index (χ0v) is 9.29. The van der Waals surface area contributed by atoms with Gasteiger partial charge in [-0.1, -0.05) is 0 Å². The fourth-order valence-corrected chi connectivity index (χ4v) is 1.98. The van der Waals surface area contributed by atoms with E-state index in [1.165, 1.54) is 30.6 Å². The number of nitrogens with zero attached hydrogens (tertiary/aromatic N) is 3. The van der Waals surface area contributed by atoms with Crippen LogP contribution in [0.4, 0.5) is 5.69 Å². The van der Waals surface area contributed by atoms with Crippen molar-refractivity contribution < 1.29 is 10.0 Å². The Morgan fingerprint density at radius 2 is 1.82 bits per heavy atom. The van der Waals surface area contributed by atoms with Gasteiger partial charge in [0.2, 0.25) is 0 Å². The molecule has 86 valence electrons. The van der Waals surface area contributed by atoms with Crippen LogP contribution in [-0.4, -0.2) is 20.0 Å². The summed E-state index contributed by atoms with van der Waals surface area (Å²) < 4.78 is 0. The predicted octanol–water partition coefficient (Wildman–Crippen LogP) is 2.24. The monoisotopic (exact) mass is 249 g/mol. The molecule has 0 aliphatic carbocycles. The Balaban J connectivity index is 2.37. The Morgan fingerprint density at radius 1 is 1.18 bits per heavy atom. The maximum Gasteiger partial charge on any atom is 0.301 e. The second-order valence-electron chi connectivity index (χ2n) is 3.01. The number of pyridine rings is 2. The van der Waals surface area contributed by atoms with Crippen molar-refractivity contribution >= 4 is 17.4 Å². The molecule has 0 bridgehead atoms. The fourth-order valence-electron chi connectivity index (χ4n) is 1.15. The van der Waals surface area contributed by atoms with Crippen LogP contribution in [0.25, 0.3) is 0 Å². The Labute approximate surface area is 100 Å². The number of rotatable bonds is 3.